The maximum Gasteiger partial charge on any atom is 0.471 e. The Morgan fingerprint density at radius 1 is 1.21 bits per heavy atom. The number of amides is 1. The molecule has 1 aromatic carbocycles. The molecule has 0 aromatic heterocycles. The van der Waals surface area contributed by atoms with E-state index in [9.17, 15) is 22.8 Å². The van der Waals surface area contributed by atoms with E-state index in [0.717, 1.165) is 0 Å². The molecule has 0 heterocycles. The summed E-state index contributed by atoms with van der Waals surface area (Å²) >= 11 is 0. The van der Waals surface area contributed by atoms with Gasteiger partial charge in [-0.2, -0.15) is 13.2 Å². The highest BCUT2D eigenvalue weighted by atomic mass is 19.4. The average Bonchev–Trinajstić information content (AvgIpc) is 2.33. The van der Waals surface area contributed by atoms with Crippen LogP contribution < -0.4 is 5.32 Å². The molecule has 0 saturated heterocycles. The zero-order valence-electron chi connectivity index (χ0n) is 9.57. The molecular formula is C12H10F3NO3. The van der Waals surface area contributed by atoms with Gasteiger partial charge in [0.15, 0.2) is 0 Å². The first-order valence-corrected chi connectivity index (χ1v) is 5.14. The Morgan fingerprint density at radius 3 is 2.26 bits per heavy atom. The molecule has 0 atom stereocenters. The molecule has 0 radical (unpaired) electrons. The normalized spacial score (nSPS) is 12.1. The van der Waals surface area contributed by atoms with E-state index >= 15 is 0 Å². The van der Waals surface area contributed by atoms with Crippen LogP contribution >= 0.6 is 0 Å². The third kappa shape index (κ3) is 4.82. The van der Waals surface area contributed by atoms with Crippen molar-refractivity contribution < 1.29 is 27.9 Å². The summed E-state index contributed by atoms with van der Waals surface area (Å²) in [5.74, 6) is -3.57. The number of benzene rings is 1. The Bertz CT molecular complexity index is 495. The van der Waals surface area contributed by atoms with Gasteiger partial charge in [-0.15, -0.1) is 0 Å². The smallest absolute Gasteiger partial charge is 0.471 e. The summed E-state index contributed by atoms with van der Waals surface area (Å²) in [4.78, 5) is 21.5. The molecule has 0 aliphatic heterocycles. The zero-order valence-corrected chi connectivity index (χ0v) is 9.57. The molecule has 0 unspecified atom stereocenters. The van der Waals surface area contributed by atoms with E-state index in [0.29, 0.717) is 5.56 Å². The predicted molar refractivity (Wildman–Crippen MR) is 61.1 cm³/mol. The van der Waals surface area contributed by atoms with Crippen molar-refractivity contribution in [2.45, 2.75) is 6.18 Å². The summed E-state index contributed by atoms with van der Waals surface area (Å²) < 4.78 is 35.8. The number of hydrogen-bond acceptors (Lipinski definition) is 2. The quantitative estimate of drug-likeness (QED) is 0.822. The number of hydrogen-bond donors (Lipinski definition) is 2. The van der Waals surface area contributed by atoms with Crippen molar-refractivity contribution in [2.75, 3.05) is 6.54 Å². The molecule has 0 aliphatic rings. The van der Waals surface area contributed by atoms with Gasteiger partial charge in [-0.1, -0.05) is 30.3 Å². The van der Waals surface area contributed by atoms with Crippen molar-refractivity contribution in [3.63, 3.8) is 0 Å². The second-order valence-electron chi connectivity index (χ2n) is 3.57. The highest BCUT2D eigenvalue weighted by Gasteiger charge is 2.38. The van der Waals surface area contributed by atoms with Crippen LogP contribution in [0.1, 0.15) is 5.56 Å². The number of nitrogens with one attached hydrogen (secondary N) is 1. The largest absolute Gasteiger partial charge is 0.478 e. The lowest BCUT2D eigenvalue weighted by atomic mass is 10.1. The van der Waals surface area contributed by atoms with Gasteiger partial charge in [0.2, 0.25) is 0 Å². The van der Waals surface area contributed by atoms with Gasteiger partial charge < -0.3 is 10.4 Å². The lowest BCUT2D eigenvalue weighted by Crippen LogP contribution is -2.38. The van der Waals surface area contributed by atoms with Gasteiger partial charge >= 0.3 is 18.1 Å². The van der Waals surface area contributed by atoms with E-state index in [2.05, 4.69) is 0 Å². The van der Waals surface area contributed by atoms with E-state index in [4.69, 9.17) is 5.11 Å². The van der Waals surface area contributed by atoms with E-state index in [1.54, 1.807) is 30.3 Å². The summed E-state index contributed by atoms with van der Waals surface area (Å²) in [5, 5.41) is 10.4. The SMILES string of the molecule is O=C(O)/C(=C/c1ccccc1)CNC(=O)C(F)(F)F. The molecule has 0 bridgehead atoms. The van der Waals surface area contributed by atoms with Gasteiger partial charge in [0.1, 0.15) is 0 Å². The molecule has 0 fully saturated rings. The average molecular weight is 273 g/mol. The molecule has 0 saturated carbocycles. The fraction of sp³-hybridized carbons (Fsp3) is 0.167. The van der Waals surface area contributed by atoms with Crippen LogP contribution in [0, 0.1) is 0 Å². The van der Waals surface area contributed by atoms with Gasteiger partial charge in [-0.05, 0) is 11.6 Å². The summed E-state index contributed by atoms with van der Waals surface area (Å²) in [6, 6.07) is 8.20. The monoisotopic (exact) mass is 273 g/mol. The Hall–Kier alpha value is -2.31. The number of carboxylic acids is 1. The van der Waals surface area contributed by atoms with Crippen LogP contribution in [0.2, 0.25) is 0 Å². The second-order valence-corrected chi connectivity index (χ2v) is 3.57. The van der Waals surface area contributed by atoms with Gasteiger partial charge in [0.05, 0.1) is 12.1 Å². The van der Waals surface area contributed by atoms with Crippen LogP contribution in [0.5, 0.6) is 0 Å². The highest BCUT2D eigenvalue weighted by Crippen LogP contribution is 2.14. The van der Waals surface area contributed by atoms with Crippen molar-refractivity contribution in [3.8, 4) is 0 Å². The lowest BCUT2D eigenvalue weighted by molar-refractivity contribution is -0.173. The highest BCUT2D eigenvalue weighted by molar-refractivity contribution is 5.93. The summed E-state index contributed by atoms with van der Waals surface area (Å²) in [6.45, 7) is -0.706. The van der Waals surface area contributed by atoms with Crippen LogP contribution in [0.25, 0.3) is 6.08 Å². The van der Waals surface area contributed by atoms with Crippen LogP contribution in [0.15, 0.2) is 35.9 Å². The molecule has 1 rings (SSSR count). The lowest BCUT2D eigenvalue weighted by Gasteiger charge is -2.08. The van der Waals surface area contributed by atoms with Gasteiger partial charge in [-0.25, -0.2) is 4.79 Å². The first-order chi connectivity index (χ1) is 8.80. The van der Waals surface area contributed by atoms with Crippen LogP contribution in [0.4, 0.5) is 13.2 Å². The van der Waals surface area contributed by atoms with Crippen molar-refractivity contribution in [3.05, 3.63) is 41.5 Å². The molecule has 4 nitrogen and oxygen atoms in total. The van der Waals surface area contributed by atoms with E-state index in [1.165, 1.54) is 11.4 Å². The number of carbonyl (C=O) groups excluding carboxylic acids is 1. The van der Waals surface area contributed by atoms with Crippen molar-refractivity contribution in [1.29, 1.82) is 0 Å². The Morgan fingerprint density at radius 2 is 1.79 bits per heavy atom. The number of alkyl halides is 3. The molecule has 19 heavy (non-hydrogen) atoms. The van der Waals surface area contributed by atoms with Crippen molar-refractivity contribution >= 4 is 18.0 Å². The van der Waals surface area contributed by atoms with Crippen molar-refractivity contribution in [2.24, 2.45) is 0 Å². The summed E-state index contributed by atoms with van der Waals surface area (Å²) in [7, 11) is 0. The molecule has 1 amide bonds. The van der Waals surface area contributed by atoms with E-state index in [-0.39, 0.29) is 5.57 Å². The molecule has 0 spiro atoms. The molecule has 102 valence electrons. The minimum atomic E-state index is -5.03. The first kappa shape index (κ1) is 14.7. The number of carbonyl (C=O) groups is 2. The summed E-state index contributed by atoms with van der Waals surface area (Å²) in [5.41, 5.74) is 0.171. The molecule has 7 heteroatoms. The topological polar surface area (TPSA) is 66.4 Å². The van der Waals surface area contributed by atoms with Crippen LogP contribution in [-0.2, 0) is 9.59 Å². The maximum atomic E-state index is 11.9. The van der Waals surface area contributed by atoms with Gasteiger partial charge in [0.25, 0.3) is 0 Å². The van der Waals surface area contributed by atoms with Crippen molar-refractivity contribution in [1.82, 2.24) is 5.32 Å². The molecule has 1 aromatic rings. The zero-order chi connectivity index (χ0) is 14.5. The third-order valence-corrected chi connectivity index (χ3v) is 2.11. The fourth-order valence-electron chi connectivity index (χ4n) is 1.21. The summed E-state index contributed by atoms with van der Waals surface area (Å²) in [6.07, 6.45) is -3.84. The maximum absolute atomic E-state index is 11.9. The first-order valence-electron chi connectivity index (χ1n) is 5.14. The molecule has 0 aliphatic carbocycles. The molecular weight excluding hydrogens is 263 g/mol. The van der Waals surface area contributed by atoms with E-state index < -0.39 is 24.6 Å². The minimum Gasteiger partial charge on any atom is -0.478 e. The van der Waals surface area contributed by atoms with Crippen LogP contribution in [0.3, 0.4) is 0 Å². The fourth-order valence-corrected chi connectivity index (χ4v) is 1.21. The minimum absolute atomic E-state index is 0.344. The third-order valence-electron chi connectivity index (χ3n) is 2.11. The predicted octanol–water partition coefficient (Wildman–Crippen LogP) is 1.83. The Kier molecular flexibility index (Phi) is 4.68. The number of rotatable bonds is 4. The Balaban J connectivity index is 2.78. The number of carboxylic acid groups (broad SMARTS) is 1. The standard InChI is InChI=1S/C12H10F3NO3/c13-12(14,15)11(19)16-7-9(10(17)18)6-8-4-2-1-3-5-8/h1-6H,7H2,(H,16,19)(H,17,18)/b9-6+. The number of halogens is 3. The second kappa shape index (κ2) is 6.03. The number of aliphatic carboxylic acids is 1. The van der Waals surface area contributed by atoms with E-state index in [1.807, 2.05) is 0 Å². The van der Waals surface area contributed by atoms with Gasteiger partial charge in [0, 0.05) is 0 Å². The molecule has 2 N–H and O–H groups in total. The Labute approximate surface area is 106 Å². The van der Waals surface area contributed by atoms with Gasteiger partial charge in [-0.3, -0.25) is 4.79 Å². The van der Waals surface area contributed by atoms with Crippen LogP contribution in [-0.4, -0.2) is 29.7 Å².